The summed E-state index contributed by atoms with van der Waals surface area (Å²) in [6, 6.07) is 17.9. The minimum Gasteiger partial charge on any atom is -0.493 e. The molecule has 2 aromatic rings. The number of para-hydroxylation sites is 1. The van der Waals surface area contributed by atoms with Gasteiger partial charge in [0.15, 0.2) is 0 Å². The zero-order valence-electron chi connectivity index (χ0n) is 13.2. The second-order valence-corrected chi connectivity index (χ2v) is 5.40. The van der Waals surface area contributed by atoms with Crippen LogP contribution >= 0.6 is 0 Å². The number of nitrogens with one attached hydrogen (secondary N) is 1. The van der Waals surface area contributed by atoms with E-state index in [9.17, 15) is 0 Å². The molecule has 0 unspecified atom stereocenters. The number of ether oxygens (including phenoxy) is 2. The average molecular weight is 310 g/mol. The topological polar surface area (TPSA) is 42.9 Å². The third-order valence-electron chi connectivity index (χ3n) is 3.57. The molecule has 0 atom stereocenters. The Morgan fingerprint density at radius 2 is 1.70 bits per heavy atom. The van der Waals surface area contributed by atoms with Crippen molar-refractivity contribution in [3.8, 4) is 11.5 Å². The minimum atomic E-state index is 0.635. The molecule has 4 heteroatoms. The Kier molecular flexibility index (Phi) is 5.51. The summed E-state index contributed by atoms with van der Waals surface area (Å²) >= 11 is 0. The maximum atomic E-state index is 5.81. The van der Waals surface area contributed by atoms with Gasteiger partial charge in [0.2, 0.25) is 0 Å². The molecule has 0 amide bonds. The number of aliphatic imine (C=N–C) groups is 1. The van der Waals surface area contributed by atoms with Crippen LogP contribution in [-0.4, -0.2) is 32.1 Å². The van der Waals surface area contributed by atoms with Crippen LogP contribution in [0.25, 0.3) is 0 Å². The molecule has 0 aliphatic carbocycles. The quantitative estimate of drug-likeness (QED) is 0.798. The summed E-state index contributed by atoms with van der Waals surface area (Å²) in [7, 11) is 0. The summed E-state index contributed by atoms with van der Waals surface area (Å²) in [5.74, 6) is 2.74. The van der Waals surface area contributed by atoms with Crippen molar-refractivity contribution in [1.29, 1.82) is 0 Å². The van der Waals surface area contributed by atoms with Crippen LogP contribution < -0.4 is 14.8 Å². The predicted molar refractivity (Wildman–Crippen MR) is 92.5 cm³/mol. The normalized spacial score (nSPS) is 13.8. The molecule has 4 nitrogen and oxygen atoms in total. The van der Waals surface area contributed by atoms with E-state index in [1.54, 1.807) is 0 Å². The highest BCUT2D eigenvalue weighted by Crippen LogP contribution is 2.15. The Hall–Kier alpha value is -2.49. The molecule has 0 aromatic heterocycles. The van der Waals surface area contributed by atoms with Gasteiger partial charge in [-0.05, 0) is 30.7 Å². The van der Waals surface area contributed by atoms with Crippen molar-refractivity contribution in [2.75, 3.05) is 26.3 Å². The van der Waals surface area contributed by atoms with Gasteiger partial charge in [-0.2, -0.15) is 0 Å². The Labute approximate surface area is 137 Å². The largest absolute Gasteiger partial charge is 0.493 e. The lowest BCUT2D eigenvalue weighted by Crippen LogP contribution is -2.30. The first-order chi connectivity index (χ1) is 11.4. The van der Waals surface area contributed by atoms with Gasteiger partial charge in [0.1, 0.15) is 17.3 Å². The molecule has 1 heterocycles. The molecular formula is C19H22N2O2. The average Bonchev–Trinajstić information content (AvgIpc) is 2.63. The highest BCUT2D eigenvalue weighted by molar-refractivity contribution is 5.99. The van der Waals surface area contributed by atoms with Gasteiger partial charge in [0, 0.05) is 25.1 Å². The Bertz CT molecular complexity index is 641. The fraction of sp³-hybridized carbons (Fsp3) is 0.316. The van der Waals surface area contributed by atoms with E-state index in [2.05, 4.69) is 16.4 Å². The van der Waals surface area contributed by atoms with Crippen molar-refractivity contribution in [3.05, 3.63) is 60.2 Å². The molecule has 1 aliphatic rings. The van der Waals surface area contributed by atoms with Gasteiger partial charge >= 0.3 is 0 Å². The molecule has 0 bridgehead atoms. The SMILES string of the molecule is c1ccc(OCCCOc2cccc(C3=NCCCN3)c2)cc1. The van der Waals surface area contributed by atoms with Crippen molar-refractivity contribution in [3.63, 3.8) is 0 Å². The summed E-state index contributed by atoms with van der Waals surface area (Å²) in [6.07, 6.45) is 1.94. The van der Waals surface area contributed by atoms with E-state index in [1.165, 1.54) is 0 Å². The molecule has 1 aliphatic heterocycles. The zero-order valence-corrected chi connectivity index (χ0v) is 13.2. The lowest BCUT2D eigenvalue weighted by molar-refractivity contribution is 0.247. The molecule has 1 N–H and O–H groups in total. The standard InChI is InChI=1S/C19H22N2O2/c1-2-8-17(9-3-1)22-13-6-14-23-18-10-4-7-16(15-18)19-20-11-5-12-21-19/h1-4,7-10,15H,5-6,11-14H2,(H,20,21). The summed E-state index contributed by atoms with van der Waals surface area (Å²) < 4.78 is 11.5. The van der Waals surface area contributed by atoms with E-state index in [-0.39, 0.29) is 0 Å². The van der Waals surface area contributed by atoms with Crippen molar-refractivity contribution in [2.45, 2.75) is 12.8 Å². The Morgan fingerprint density at radius 3 is 2.48 bits per heavy atom. The third-order valence-corrected chi connectivity index (χ3v) is 3.57. The fourth-order valence-electron chi connectivity index (χ4n) is 2.41. The molecule has 0 fully saturated rings. The van der Waals surface area contributed by atoms with Crippen molar-refractivity contribution in [1.82, 2.24) is 5.32 Å². The zero-order chi connectivity index (χ0) is 15.7. The van der Waals surface area contributed by atoms with E-state index in [0.29, 0.717) is 13.2 Å². The van der Waals surface area contributed by atoms with Gasteiger partial charge in [-0.1, -0.05) is 30.3 Å². The minimum absolute atomic E-state index is 0.635. The number of benzene rings is 2. The maximum Gasteiger partial charge on any atom is 0.128 e. The van der Waals surface area contributed by atoms with Crippen LogP contribution in [0.4, 0.5) is 0 Å². The van der Waals surface area contributed by atoms with Crippen molar-refractivity contribution >= 4 is 5.84 Å². The first-order valence-corrected chi connectivity index (χ1v) is 8.11. The predicted octanol–water partition coefficient (Wildman–Crippen LogP) is 3.27. The lowest BCUT2D eigenvalue weighted by atomic mass is 10.1. The Balaban J connectivity index is 1.44. The smallest absolute Gasteiger partial charge is 0.128 e. The van der Waals surface area contributed by atoms with Crippen molar-refractivity contribution in [2.24, 2.45) is 4.99 Å². The van der Waals surface area contributed by atoms with Crippen LogP contribution in [0.5, 0.6) is 11.5 Å². The van der Waals surface area contributed by atoms with Crippen LogP contribution in [-0.2, 0) is 0 Å². The third kappa shape index (κ3) is 4.74. The second-order valence-electron chi connectivity index (χ2n) is 5.40. The number of rotatable bonds is 7. The van der Waals surface area contributed by atoms with E-state index in [4.69, 9.17) is 9.47 Å². The molecule has 120 valence electrons. The summed E-state index contributed by atoms with van der Waals surface area (Å²) in [6.45, 7) is 3.17. The lowest BCUT2D eigenvalue weighted by Gasteiger charge is -2.15. The first kappa shape index (κ1) is 15.4. The van der Waals surface area contributed by atoms with Crippen LogP contribution in [0.1, 0.15) is 18.4 Å². The van der Waals surface area contributed by atoms with Crippen LogP contribution in [0.3, 0.4) is 0 Å². The molecule has 0 radical (unpaired) electrons. The highest BCUT2D eigenvalue weighted by atomic mass is 16.5. The van der Waals surface area contributed by atoms with E-state index >= 15 is 0 Å². The molecule has 2 aromatic carbocycles. The molecule has 23 heavy (non-hydrogen) atoms. The molecule has 0 saturated heterocycles. The van der Waals surface area contributed by atoms with Crippen molar-refractivity contribution < 1.29 is 9.47 Å². The van der Waals surface area contributed by atoms with Gasteiger partial charge in [-0.15, -0.1) is 0 Å². The van der Waals surface area contributed by atoms with Gasteiger partial charge in [0.05, 0.1) is 13.2 Å². The highest BCUT2D eigenvalue weighted by Gasteiger charge is 2.07. The number of amidine groups is 1. The van der Waals surface area contributed by atoms with Crippen LogP contribution in [0.2, 0.25) is 0 Å². The fourth-order valence-corrected chi connectivity index (χ4v) is 2.41. The monoisotopic (exact) mass is 310 g/mol. The van der Waals surface area contributed by atoms with Gasteiger partial charge in [-0.3, -0.25) is 4.99 Å². The molecule has 3 rings (SSSR count). The van der Waals surface area contributed by atoms with Crippen LogP contribution in [0, 0.1) is 0 Å². The van der Waals surface area contributed by atoms with Crippen LogP contribution in [0.15, 0.2) is 59.6 Å². The van der Waals surface area contributed by atoms with E-state index in [0.717, 1.165) is 48.8 Å². The van der Waals surface area contributed by atoms with E-state index < -0.39 is 0 Å². The Morgan fingerprint density at radius 1 is 0.913 bits per heavy atom. The van der Waals surface area contributed by atoms with Gasteiger partial charge in [0.25, 0.3) is 0 Å². The number of hydrogen-bond donors (Lipinski definition) is 1. The maximum absolute atomic E-state index is 5.81. The van der Waals surface area contributed by atoms with Gasteiger partial charge < -0.3 is 14.8 Å². The first-order valence-electron chi connectivity index (χ1n) is 8.11. The molecule has 0 saturated carbocycles. The second kappa shape index (κ2) is 8.22. The summed E-state index contributed by atoms with van der Waals surface area (Å²) in [5.41, 5.74) is 1.09. The summed E-state index contributed by atoms with van der Waals surface area (Å²) in [5, 5.41) is 3.33. The number of hydrogen-bond acceptors (Lipinski definition) is 4. The van der Waals surface area contributed by atoms with Gasteiger partial charge in [-0.25, -0.2) is 0 Å². The summed E-state index contributed by atoms with van der Waals surface area (Å²) in [4.78, 5) is 4.51. The molecular weight excluding hydrogens is 288 g/mol. The molecule has 0 spiro atoms. The van der Waals surface area contributed by atoms with E-state index in [1.807, 2.05) is 48.5 Å². The number of nitrogens with zero attached hydrogens (tertiary/aromatic N) is 1.